The number of hydrogen-bond acceptors (Lipinski definition) is 4. The summed E-state index contributed by atoms with van der Waals surface area (Å²) in [6, 6.07) is 0. The van der Waals surface area contributed by atoms with Gasteiger partial charge in [-0.1, -0.05) is 25.4 Å². The molecule has 5 heteroatoms. The van der Waals surface area contributed by atoms with Crippen LogP contribution in [-0.4, -0.2) is 35.1 Å². The van der Waals surface area contributed by atoms with Crippen LogP contribution in [-0.2, 0) is 0 Å². The Morgan fingerprint density at radius 3 is 2.61 bits per heavy atom. The lowest BCUT2D eigenvalue weighted by molar-refractivity contribution is 0.303. The SMILES string of the molecule is CSC1(CNCCCC(C)(C)C(N)=NO)CCC1. The molecule has 0 unspecified atom stereocenters. The van der Waals surface area contributed by atoms with Crippen molar-refractivity contribution in [2.75, 3.05) is 19.3 Å². The number of amidine groups is 1. The monoisotopic (exact) mass is 273 g/mol. The summed E-state index contributed by atoms with van der Waals surface area (Å²) in [4.78, 5) is 0. The van der Waals surface area contributed by atoms with Gasteiger partial charge in [0.1, 0.15) is 5.84 Å². The van der Waals surface area contributed by atoms with E-state index in [-0.39, 0.29) is 5.41 Å². The third kappa shape index (κ3) is 4.05. The fourth-order valence-electron chi connectivity index (χ4n) is 2.26. The van der Waals surface area contributed by atoms with Gasteiger partial charge in [0.2, 0.25) is 0 Å². The first-order valence-electron chi connectivity index (χ1n) is 6.70. The van der Waals surface area contributed by atoms with E-state index < -0.39 is 0 Å². The molecule has 4 nitrogen and oxygen atoms in total. The zero-order chi connectivity index (χ0) is 13.6. The van der Waals surface area contributed by atoms with Crippen molar-refractivity contribution < 1.29 is 5.21 Å². The third-order valence-corrected chi connectivity index (χ3v) is 5.52. The van der Waals surface area contributed by atoms with E-state index in [0.717, 1.165) is 25.9 Å². The predicted molar refractivity (Wildman–Crippen MR) is 79.4 cm³/mol. The van der Waals surface area contributed by atoms with Crippen molar-refractivity contribution in [1.82, 2.24) is 5.32 Å². The summed E-state index contributed by atoms with van der Waals surface area (Å²) < 4.78 is 0.501. The maximum Gasteiger partial charge on any atom is 0.144 e. The Balaban J connectivity index is 2.15. The summed E-state index contributed by atoms with van der Waals surface area (Å²) in [7, 11) is 0. The molecule has 1 aliphatic carbocycles. The molecule has 4 N–H and O–H groups in total. The van der Waals surface area contributed by atoms with Crippen LogP contribution < -0.4 is 11.1 Å². The Morgan fingerprint density at radius 2 is 2.17 bits per heavy atom. The molecule has 1 rings (SSSR count). The minimum absolute atomic E-state index is 0.218. The molecule has 1 saturated carbocycles. The van der Waals surface area contributed by atoms with E-state index in [0.29, 0.717) is 10.6 Å². The van der Waals surface area contributed by atoms with Gasteiger partial charge >= 0.3 is 0 Å². The lowest BCUT2D eigenvalue weighted by Gasteiger charge is -2.40. The summed E-state index contributed by atoms with van der Waals surface area (Å²) in [5.41, 5.74) is 5.45. The van der Waals surface area contributed by atoms with Crippen LogP contribution in [0.3, 0.4) is 0 Å². The van der Waals surface area contributed by atoms with Gasteiger partial charge in [-0.25, -0.2) is 0 Å². The van der Waals surface area contributed by atoms with E-state index in [4.69, 9.17) is 10.9 Å². The number of rotatable bonds is 8. The zero-order valence-corrected chi connectivity index (χ0v) is 12.6. The van der Waals surface area contributed by atoms with Crippen LogP contribution in [0.25, 0.3) is 0 Å². The molecule has 18 heavy (non-hydrogen) atoms. The number of oxime groups is 1. The standard InChI is InChI=1S/C13H27N3OS/c1-12(2,11(14)16-17)6-5-9-15-10-13(18-3)7-4-8-13/h15,17H,4-10H2,1-3H3,(H2,14,16). The third-order valence-electron chi connectivity index (χ3n) is 4.10. The van der Waals surface area contributed by atoms with E-state index >= 15 is 0 Å². The van der Waals surface area contributed by atoms with E-state index in [1.807, 2.05) is 25.6 Å². The molecule has 0 aliphatic heterocycles. The number of nitrogens with one attached hydrogen (secondary N) is 1. The van der Waals surface area contributed by atoms with Crippen molar-refractivity contribution in [3.05, 3.63) is 0 Å². The summed E-state index contributed by atoms with van der Waals surface area (Å²) >= 11 is 2.00. The van der Waals surface area contributed by atoms with Gasteiger partial charge in [-0.15, -0.1) is 0 Å². The van der Waals surface area contributed by atoms with Crippen LogP contribution in [0.5, 0.6) is 0 Å². The highest BCUT2D eigenvalue weighted by Gasteiger charge is 2.35. The quantitative estimate of drug-likeness (QED) is 0.209. The Morgan fingerprint density at radius 1 is 1.50 bits per heavy atom. The molecule has 0 spiro atoms. The van der Waals surface area contributed by atoms with Gasteiger partial charge < -0.3 is 16.3 Å². The molecule has 0 aromatic rings. The van der Waals surface area contributed by atoms with E-state index in [2.05, 4.69) is 16.7 Å². The summed E-state index contributed by atoms with van der Waals surface area (Å²) in [6.07, 6.45) is 8.25. The van der Waals surface area contributed by atoms with Crippen molar-refractivity contribution in [2.24, 2.45) is 16.3 Å². The first-order valence-corrected chi connectivity index (χ1v) is 7.92. The Hall–Kier alpha value is -0.420. The average Bonchev–Trinajstić information content (AvgIpc) is 2.30. The Bertz CT molecular complexity index is 282. The van der Waals surface area contributed by atoms with E-state index in [1.54, 1.807) is 0 Å². The van der Waals surface area contributed by atoms with Gasteiger partial charge in [-0.05, 0) is 38.5 Å². The van der Waals surface area contributed by atoms with Crippen LogP contribution in [0.1, 0.15) is 46.0 Å². The molecule has 0 aromatic carbocycles. The predicted octanol–water partition coefficient (Wildman–Crippen LogP) is 2.41. The highest BCUT2D eigenvalue weighted by Crippen LogP contribution is 2.42. The lowest BCUT2D eigenvalue weighted by atomic mass is 9.84. The van der Waals surface area contributed by atoms with Crippen molar-refractivity contribution in [3.8, 4) is 0 Å². The number of thioether (sulfide) groups is 1. The largest absolute Gasteiger partial charge is 0.409 e. The lowest BCUT2D eigenvalue weighted by Crippen LogP contribution is -2.43. The molecule has 0 heterocycles. The number of hydrogen-bond donors (Lipinski definition) is 3. The first kappa shape index (κ1) is 15.6. The molecule has 1 aliphatic rings. The van der Waals surface area contributed by atoms with Crippen molar-refractivity contribution >= 4 is 17.6 Å². The minimum atomic E-state index is -0.218. The van der Waals surface area contributed by atoms with Gasteiger partial charge in [-0.2, -0.15) is 11.8 Å². The highest BCUT2D eigenvalue weighted by atomic mass is 32.2. The fraction of sp³-hybridized carbons (Fsp3) is 0.923. The van der Waals surface area contributed by atoms with E-state index in [1.165, 1.54) is 19.3 Å². The molecule has 0 bridgehead atoms. The summed E-state index contributed by atoms with van der Waals surface area (Å²) in [6.45, 7) is 6.14. The molecule has 0 amide bonds. The average molecular weight is 273 g/mol. The zero-order valence-electron chi connectivity index (χ0n) is 11.8. The van der Waals surface area contributed by atoms with Crippen LogP contribution in [0, 0.1) is 5.41 Å². The maximum atomic E-state index is 8.70. The number of nitrogens with two attached hydrogens (primary N) is 1. The fourth-order valence-corrected chi connectivity index (χ4v) is 3.20. The molecule has 0 radical (unpaired) electrons. The molecule has 1 fully saturated rings. The molecule has 0 atom stereocenters. The summed E-state index contributed by atoms with van der Waals surface area (Å²) in [5.74, 6) is 0.321. The van der Waals surface area contributed by atoms with Gasteiger partial charge in [0, 0.05) is 16.7 Å². The smallest absolute Gasteiger partial charge is 0.144 e. The van der Waals surface area contributed by atoms with Crippen molar-refractivity contribution in [1.29, 1.82) is 0 Å². The van der Waals surface area contributed by atoms with Crippen LogP contribution >= 0.6 is 11.8 Å². The summed E-state index contributed by atoms with van der Waals surface area (Å²) in [5, 5.41) is 15.3. The highest BCUT2D eigenvalue weighted by molar-refractivity contribution is 8.00. The Kier molecular flexibility index (Phi) is 5.79. The first-order chi connectivity index (χ1) is 8.46. The van der Waals surface area contributed by atoms with Crippen LogP contribution in [0.2, 0.25) is 0 Å². The number of nitrogens with zero attached hydrogens (tertiary/aromatic N) is 1. The molecule has 0 saturated heterocycles. The Labute approximate surface area is 115 Å². The molecular weight excluding hydrogens is 246 g/mol. The van der Waals surface area contributed by atoms with Crippen LogP contribution in [0.15, 0.2) is 5.16 Å². The van der Waals surface area contributed by atoms with Gasteiger partial charge in [0.15, 0.2) is 0 Å². The van der Waals surface area contributed by atoms with Gasteiger partial charge in [0.25, 0.3) is 0 Å². The molecule has 106 valence electrons. The minimum Gasteiger partial charge on any atom is -0.409 e. The molecule has 0 aromatic heterocycles. The normalized spacial score (nSPS) is 19.6. The topological polar surface area (TPSA) is 70.6 Å². The second-order valence-corrected chi connectivity index (χ2v) is 7.16. The van der Waals surface area contributed by atoms with Gasteiger partial charge in [-0.3, -0.25) is 0 Å². The van der Waals surface area contributed by atoms with Gasteiger partial charge in [0.05, 0.1) is 0 Å². The maximum absolute atomic E-state index is 8.70. The van der Waals surface area contributed by atoms with Crippen molar-refractivity contribution in [3.63, 3.8) is 0 Å². The molecular formula is C13H27N3OS. The second-order valence-electron chi connectivity index (χ2n) is 5.89. The van der Waals surface area contributed by atoms with Crippen LogP contribution in [0.4, 0.5) is 0 Å². The van der Waals surface area contributed by atoms with Crippen molar-refractivity contribution in [2.45, 2.75) is 50.7 Å². The van der Waals surface area contributed by atoms with E-state index in [9.17, 15) is 0 Å². The second kappa shape index (κ2) is 6.66.